The molecule has 0 spiro atoms. The molecular weight excluding hydrogens is 418 g/mol. The molecule has 0 fully saturated rings. The van der Waals surface area contributed by atoms with Gasteiger partial charge in [0.15, 0.2) is 5.41 Å². The summed E-state index contributed by atoms with van der Waals surface area (Å²) < 4.78 is 93.0. The van der Waals surface area contributed by atoms with E-state index in [0.29, 0.717) is 11.3 Å². The molecule has 2 aromatic carbocycles. The van der Waals surface area contributed by atoms with Crippen LogP contribution in [0.15, 0.2) is 48.5 Å². The Bertz CT molecular complexity index is 859. The van der Waals surface area contributed by atoms with E-state index in [0.717, 1.165) is 19.1 Å². The zero-order valence-electron chi connectivity index (χ0n) is 18.5. The third kappa shape index (κ3) is 4.03. The summed E-state index contributed by atoms with van der Waals surface area (Å²) >= 11 is 0. The maximum absolute atomic E-state index is 14.7. The Hall–Kier alpha value is -2.18. The lowest BCUT2D eigenvalue weighted by Gasteiger charge is -2.50. The number of rotatable bonds is 5. The Morgan fingerprint density at radius 1 is 0.645 bits per heavy atom. The second-order valence-electron chi connectivity index (χ2n) is 8.99. The summed E-state index contributed by atoms with van der Waals surface area (Å²) in [6.07, 6.45) is -11.6. The first-order chi connectivity index (χ1) is 14.1. The van der Waals surface area contributed by atoms with E-state index in [9.17, 15) is 26.3 Å². The number of hydrogen-bond acceptors (Lipinski definition) is 1. The molecule has 0 N–H and O–H groups in total. The highest BCUT2D eigenvalue weighted by Crippen LogP contribution is 2.63. The van der Waals surface area contributed by atoms with Crippen molar-refractivity contribution < 1.29 is 31.1 Å². The molecule has 0 saturated carbocycles. The molecule has 0 saturated heterocycles. The minimum atomic E-state index is -5.60. The zero-order valence-corrected chi connectivity index (χ0v) is 18.5. The van der Waals surface area contributed by atoms with Gasteiger partial charge in [-0.3, -0.25) is 0 Å². The minimum Gasteiger partial charge on any atom is -0.497 e. The predicted octanol–water partition coefficient (Wildman–Crippen LogP) is 7.72. The summed E-state index contributed by atoms with van der Waals surface area (Å²) in [6, 6.07) is 9.96. The molecular formula is C24H28F6O. The summed E-state index contributed by atoms with van der Waals surface area (Å²) in [6.45, 7) is 7.91. The van der Waals surface area contributed by atoms with Crippen LogP contribution in [-0.4, -0.2) is 19.5 Å². The summed E-state index contributed by atoms with van der Waals surface area (Å²) in [5.41, 5.74) is -7.07. The summed E-state index contributed by atoms with van der Waals surface area (Å²) in [4.78, 5) is 0. The fourth-order valence-corrected chi connectivity index (χ4v) is 4.30. The van der Waals surface area contributed by atoms with Crippen molar-refractivity contribution in [1.82, 2.24) is 0 Å². The van der Waals surface area contributed by atoms with Crippen molar-refractivity contribution >= 4 is 0 Å². The van der Waals surface area contributed by atoms with Gasteiger partial charge in [-0.15, -0.1) is 0 Å². The van der Waals surface area contributed by atoms with Gasteiger partial charge in [-0.1, -0.05) is 71.0 Å². The standard InChI is InChI=1S/C24H28F6O/c1-7-21(5,17-12-14-19(31-6)15-13-17)22(23(25,26)27,24(28,29)30)18-10-8-16(9-11-18)20(2,3)4/h8-15H,7H2,1-6H3. The molecule has 0 radical (unpaired) electrons. The molecule has 0 heterocycles. The van der Waals surface area contributed by atoms with Crippen LogP contribution in [0.2, 0.25) is 0 Å². The zero-order chi connectivity index (χ0) is 23.9. The molecule has 2 rings (SSSR count). The minimum absolute atomic E-state index is 0.0645. The van der Waals surface area contributed by atoms with Crippen molar-refractivity contribution in [3.8, 4) is 5.75 Å². The van der Waals surface area contributed by atoms with Gasteiger partial charge in [0.1, 0.15) is 5.75 Å². The van der Waals surface area contributed by atoms with Crippen LogP contribution in [-0.2, 0) is 16.2 Å². The Morgan fingerprint density at radius 3 is 1.35 bits per heavy atom. The molecule has 31 heavy (non-hydrogen) atoms. The Balaban J connectivity index is 2.92. The fraction of sp³-hybridized carbons (Fsp3) is 0.500. The van der Waals surface area contributed by atoms with E-state index in [4.69, 9.17) is 4.74 Å². The van der Waals surface area contributed by atoms with E-state index >= 15 is 0 Å². The molecule has 1 atom stereocenters. The molecule has 0 aliphatic carbocycles. The van der Waals surface area contributed by atoms with E-state index in [2.05, 4.69) is 0 Å². The molecule has 2 aromatic rings. The molecule has 1 unspecified atom stereocenters. The van der Waals surface area contributed by atoms with Crippen LogP contribution in [0.5, 0.6) is 5.75 Å². The van der Waals surface area contributed by atoms with Gasteiger partial charge in [0, 0.05) is 5.41 Å². The maximum atomic E-state index is 14.7. The molecule has 0 aromatic heterocycles. The van der Waals surface area contributed by atoms with E-state index in [1.807, 2.05) is 20.8 Å². The quantitative estimate of drug-likeness (QED) is 0.427. The van der Waals surface area contributed by atoms with Gasteiger partial charge < -0.3 is 4.74 Å². The van der Waals surface area contributed by atoms with Crippen LogP contribution in [0, 0.1) is 0 Å². The van der Waals surface area contributed by atoms with Crippen molar-refractivity contribution in [2.75, 3.05) is 7.11 Å². The van der Waals surface area contributed by atoms with Gasteiger partial charge in [0.2, 0.25) is 0 Å². The second-order valence-corrected chi connectivity index (χ2v) is 8.99. The fourth-order valence-electron chi connectivity index (χ4n) is 4.30. The molecule has 7 heteroatoms. The van der Waals surface area contributed by atoms with E-state index in [-0.39, 0.29) is 12.0 Å². The van der Waals surface area contributed by atoms with E-state index in [1.54, 1.807) is 0 Å². The highest BCUT2D eigenvalue weighted by molar-refractivity contribution is 5.45. The van der Waals surface area contributed by atoms with Crippen LogP contribution in [0.1, 0.15) is 57.7 Å². The molecule has 0 aliphatic heterocycles. The molecule has 1 nitrogen and oxygen atoms in total. The van der Waals surface area contributed by atoms with Crippen LogP contribution < -0.4 is 4.74 Å². The number of methoxy groups -OCH3 is 1. The lowest BCUT2D eigenvalue weighted by molar-refractivity contribution is -0.323. The van der Waals surface area contributed by atoms with Crippen molar-refractivity contribution in [2.45, 2.75) is 69.6 Å². The Labute approximate surface area is 179 Å². The third-order valence-electron chi connectivity index (χ3n) is 6.30. The number of halogens is 6. The Morgan fingerprint density at radius 2 is 1.03 bits per heavy atom. The first kappa shape index (κ1) is 25.1. The normalized spacial score (nSPS) is 15.5. The van der Waals surface area contributed by atoms with E-state index in [1.165, 1.54) is 50.4 Å². The van der Waals surface area contributed by atoms with Crippen molar-refractivity contribution in [2.24, 2.45) is 0 Å². The number of ether oxygens (including phenoxy) is 1. The summed E-state index contributed by atoms with van der Waals surface area (Å²) in [5.74, 6) is 0.348. The molecule has 172 valence electrons. The molecule has 0 bridgehead atoms. The highest BCUT2D eigenvalue weighted by Gasteiger charge is 2.78. The van der Waals surface area contributed by atoms with Crippen molar-refractivity contribution in [3.05, 3.63) is 65.2 Å². The predicted molar refractivity (Wildman–Crippen MR) is 110 cm³/mol. The first-order valence-electron chi connectivity index (χ1n) is 9.95. The summed E-state index contributed by atoms with van der Waals surface area (Å²) in [5, 5.41) is 0. The Kier molecular flexibility index (Phi) is 6.52. The maximum Gasteiger partial charge on any atom is 0.408 e. The van der Waals surface area contributed by atoms with Gasteiger partial charge in [0.05, 0.1) is 7.11 Å². The first-order valence-corrected chi connectivity index (χ1v) is 9.95. The molecule has 0 amide bonds. The van der Waals surface area contributed by atoms with Gasteiger partial charge >= 0.3 is 12.4 Å². The second kappa shape index (κ2) is 8.06. The van der Waals surface area contributed by atoms with Gasteiger partial charge in [-0.2, -0.15) is 26.3 Å². The topological polar surface area (TPSA) is 9.23 Å². The van der Waals surface area contributed by atoms with Gasteiger partial charge in [0.25, 0.3) is 0 Å². The van der Waals surface area contributed by atoms with Crippen LogP contribution >= 0.6 is 0 Å². The van der Waals surface area contributed by atoms with Crippen molar-refractivity contribution in [1.29, 1.82) is 0 Å². The number of hydrogen-bond donors (Lipinski definition) is 0. The lowest BCUT2D eigenvalue weighted by atomic mass is 9.55. The highest BCUT2D eigenvalue weighted by atomic mass is 19.4. The monoisotopic (exact) mass is 446 g/mol. The number of alkyl halides is 6. The van der Waals surface area contributed by atoms with Crippen molar-refractivity contribution in [3.63, 3.8) is 0 Å². The summed E-state index contributed by atoms with van der Waals surface area (Å²) in [7, 11) is 1.38. The van der Waals surface area contributed by atoms with Crippen LogP contribution in [0.3, 0.4) is 0 Å². The molecule has 0 aliphatic rings. The van der Waals surface area contributed by atoms with E-state index < -0.39 is 34.2 Å². The average molecular weight is 446 g/mol. The van der Waals surface area contributed by atoms with Gasteiger partial charge in [-0.25, -0.2) is 0 Å². The largest absolute Gasteiger partial charge is 0.497 e. The van der Waals surface area contributed by atoms with Crippen LogP contribution in [0.4, 0.5) is 26.3 Å². The average Bonchev–Trinajstić information content (AvgIpc) is 2.65. The van der Waals surface area contributed by atoms with Gasteiger partial charge in [-0.05, 0) is 40.7 Å². The third-order valence-corrected chi connectivity index (χ3v) is 6.30. The number of benzene rings is 2. The lowest BCUT2D eigenvalue weighted by Crippen LogP contribution is -2.65. The SMILES string of the molecule is CCC(C)(c1ccc(OC)cc1)C(c1ccc(C(C)(C)C)cc1)(C(F)(F)F)C(F)(F)F. The smallest absolute Gasteiger partial charge is 0.408 e. The van der Waals surface area contributed by atoms with Crippen LogP contribution in [0.25, 0.3) is 0 Å².